The summed E-state index contributed by atoms with van der Waals surface area (Å²) in [6.07, 6.45) is 0.950. The van der Waals surface area contributed by atoms with E-state index in [0.29, 0.717) is 27.0 Å². The Morgan fingerprint density at radius 3 is 2.57 bits per heavy atom. The van der Waals surface area contributed by atoms with Gasteiger partial charge in [0.05, 0.1) is 18.2 Å². The van der Waals surface area contributed by atoms with E-state index in [1.165, 1.54) is 22.8 Å². The number of nitrogens with one attached hydrogen (secondary N) is 2. The highest BCUT2D eigenvalue weighted by molar-refractivity contribution is 6.04. The lowest BCUT2D eigenvalue weighted by Crippen LogP contribution is -2.30. The van der Waals surface area contributed by atoms with Crippen LogP contribution in [0.15, 0.2) is 53.7 Å². The molecular formula is C31H27F5N8O3. The second kappa shape index (κ2) is 13.0. The third kappa shape index (κ3) is 7.53. The van der Waals surface area contributed by atoms with Crippen LogP contribution in [-0.2, 0) is 11.3 Å². The Bertz CT molecular complexity index is 1910. The number of rotatable bonds is 12. The minimum Gasteiger partial charge on any atom is -0.311 e. The normalized spacial score (nSPS) is 14.7. The van der Waals surface area contributed by atoms with Crippen molar-refractivity contribution in [2.24, 2.45) is 0 Å². The van der Waals surface area contributed by atoms with E-state index in [-0.39, 0.29) is 53.4 Å². The third-order valence-corrected chi connectivity index (χ3v) is 7.72. The van der Waals surface area contributed by atoms with Gasteiger partial charge in [0.1, 0.15) is 17.7 Å². The summed E-state index contributed by atoms with van der Waals surface area (Å²) in [6, 6.07) is 11.2. The topological polar surface area (TPSA) is 140 Å². The zero-order chi connectivity index (χ0) is 33.3. The Balaban J connectivity index is 1.32. The predicted octanol–water partition coefficient (Wildman–Crippen LogP) is 5.53. The van der Waals surface area contributed by atoms with Crippen LogP contribution in [0.3, 0.4) is 0 Å². The molecule has 11 nitrogen and oxygen atoms in total. The van der Waals surface area contributed by atoms with Gasteiger partial charge in [-0.1, -0.05) is 6.07 Å². The Labute approximate surface area is 264 Å². The minimum atomic E-state index is -4.75. The molecule has 6 rings (SSSR count). The van der Waals surface area contributed by atoms with E-state index in [0.717, 1.165) is 32.0 Å². The number of nitriles is 1. The number of hydrogen-bond donors (Lipinski definition) is 2. The second-order valence-corrected chi connectivity index (χ2v) is 11.3. The molecule has 0 atom stereocenters. The molecule has 0 bridgehead atoms. The number of anilines is 1. The standard InChI is InChI=1S/C31H27F5N8O3/c32-30(33)44-16-39-42-27(44)23-9-17(13-37)1-6-22(23)20-11-25(19-2-3-19)40-26(12-20)41-28(45)24-10-18(14-38-7-8-47-31(34,35)36)15-43(29(24)46)21-4-5-21/h1,6,9-12,15-16,19,21,30,38H,2-5,7-8,14H2,(H,40,41,45). The van der Waals surface area contributed by atoms with Crippen LogP contribution in [0.5, 0.6) is 0 Å². The molecule has 16 heteroatoms. The van der Waals surface area contributed by atoms with Crippen molar-refractivity contribution in [3.05, 3.63) is 81.7 Å². The number of carbonyl (C=O) groups is 1. The Morgan fingerprint density at radius 2 is 1.89 bits per heavy atom. The highest BCUT2D eigenvalue weighted by atomic mass is 19.4. The monoisotopic (exact) mass is 654 g/mol. The fraction of sp³-hybridized carbons (Fsp3) is 0.355. The number of alkyl halides is 5. The van der Waals surface area contributed by atoms with E-state index < -0.39 is 31.0 Å². The molecule has 3 heterocycles. The molecule has 1 amide bonds. The predicted molar refractivity (Wildman–Crippen MR) is 157 cm³/mol. The zero-order valence-corrected chi connectivity index (χ0v) is 24.6. The third-order valence-electron chi connectivity index (χ3n) is 7.72. The number of nitrogens with zero attached hydrogens (tertiary/aromatic N) is 6. The van der Waals surface area contributed by atoms with Crippen LogP contribution < -0.4 is 16.2 Å². The molecule has 3 aromatic heterocycles. The van der Waals surface area contributed by atoms with Crippen LogP contribution in [0.2, 0.25) is 0 Å². The number of aromatic nitrogens is 5. The van der Waals surface area contributed by atoms with Crippen molar-refractivity contribution in [1.82, 2.24) is 29.6 Å². The SMILES string of the molecule is N#Cc1ccc(-c2cc(NC(=O)c3cc(CNCCOC(F)(F)F)cn(C4CC4)c3=O)nc(C3CC3)c2)c(-c2nncn2C(F)F)c1. The van der Waals surface area contributed by atoms with Crippen molar-refractivity contribution in [2.75, 3.05) is 18.5 Å². The molecular weight excluding hydrogens is 627 g/mol. The van der Waals surface area contributed by atoms with Gasteiger partial charge in [0.2, 0.25) is 0 Å². The molecule has 0 spiro atoms. The smallest absolute Gasteiger partial charge is 0.311 e. The van der Waals surface area contributed by atoms with Gasteiger partial charge in [0, 0.05) is 42.5 Å². The average Bonchev–Trinajstić information content (AvgIpc) is 3.98. The van der Waals surface area contributed by atoms with Crippen LogP contribution in [0.1, 0.15) is 71.4 Å². The molecule has 0 radical (unpaired) electrons. The van der Waals surface area contributed by atoms with Gasteiger partial charge in [0.25, 0.3) is 11.5 Å². The number of ether oxygens (including phenoxy) is 1. The van der Waals surface area contributed by atoms with E-state index in [1.54, 1.807) is 24.4 Å². The highest BCUT2D eigenvalue weighted by Gasteiger charge is 2.30. The van der Waals surface area contributed by atoms with Crippen molar-refractivity contribution < 1.29 is 31.5 Å². The molecule has 47 heavy (non-hydrogen) atoms. The molecule has 2 saturated carbocycles. The number of amides is 1. The molecule has 2 aliphatic rings. The zero-order valence-electron chi connectivity index (χ0n) is 24.6. The number of pyridine rings is 2. The van der Waals surface area contributed by atoms with Crippen molar-refractivity contribution in [2.45, 2.75) is 57.1 Å². The summed E-state index contributed by atoms with van der Waals surface area (Å²) in [4.78, 5) is 31.5. The van der Waals surface area contributed by atoms with E-state index in [9.17, 15) is 36.8 Å². The van der Waals surface area contributed by atoms with Gasteiger partial charge in [-0.3, -0.25) is 18.9 Å². The molecule has 1 aromatic carbocycles. The van der Waals surface area contributed by atoms with E-state index in [1.807, 2.05) is 6.07 Å². The lowest BCUT2D eigenvalue weighted by molar-refractivity contribution is -0.323. The van der Waals surface area contributed by atoms with Gasteiger partial charge < -0.3 is 15.2 Å². The second-order valence-electron chi connectivity index (χ2n) is 11.3. The summed E-state index contributed by atoms with van der Waals surface area (Å²) in [7, 11) is 0. The maximum atomic E-state index is 13.8. The Hall–Kier alpha value is -5.01. The molecule has 2 fully saturated rings. The van der Waals surface area contributed by atoms with Gasteiger partial charge in [-0.05, 0) is 72.7 Å². The number of halogens is 5. The van der Waals surface area contributed by atoms with Crippen molar-refractivity contribution in [3.8, 4) is 28.6 Å². The van der Waals surface area contributed by atoms with Crippen molar-refractivity contribution in [1.29, 1.82) is 5.26 Å². The van der Waals surface area contributed by atoms with E-state index >= 15 is 0 Å². The first-order valence-electron chi connectivity index (χ1n) is 14.7. The number of carbonyl (C=O) groups excluding carboxylic acids is 1. The highest BCUT2D eigenvalue weighted by Crippen LogP contribution is 2.42. The molecule has 0 aliphatic heterocycles. The van der Waals surface area contributed by atoms with Gasteiger partial charge in [-0.15, -0.1) is 23.4 Å². The van der Waals surface area contributed by atoms with E-state index in [2.05, 4.69) is 30.6 Å². The summed E-state index contributed by atoms with van der Waals surface area (Å²) in [5.74, 6) is -0.667. The van der Waals surface area contributed by atoms with Crippen molar-refractivity contribution >= 4 is 11.7 Å². The fourth-order valence-corrected chi connectivity index (χ4v) is 5.19. The molecule has 0 unspecified atom stereocenters. The van der Waals surface area contributed by atoms with Crippen LogP contribution in [0.25, 0.3) is 22.5 Å². The first-order chi connectivity index (χ1) is 22.5. The molecule has 244 valence electrons. The first kappa shape index (κ1) is 32.0. The lowest BCUT2D eigenvalue weighted by Gasteiger charge is -2.15. The Kier molecular flexibility index (Phi) is 8.84. The summed E-state index contributed by atoms with van der Waals surface area (Å²) in [5, 5.41) is 22.5. The summed E-state index contributed by atoms with van der Waals surface area (Å²) in [6.45, 7) is -3.58. The van der Waals surface area contributed by atoms with Crippen LogP contribution in [0.4, 0.5) is 27.8 Å². The van der Waals surface area contributed by atoms with Gasteiger partial charge in [-0.2, -0.15) is 14.0 Å². The summed E-state index contributed by atoms with van der Waals surface area (Å²) < 4.78 is 70.3. The van der Waals surface area contributed by atoms with Gasteiger partial charge in [0.15, 0.2) is 5.82 Å². The lowest BCUT2D eigenvalue weighted by atomic mass is 9.96. The maximum absolute atomic E-state index is 13.8. The van der Waals surface area contributed by atoms with Gasteiger partial charge in [-0.25, -0.2) is 4.98 Å². The molecule has 0 saturated heterocycles. The molecule has 2 N–H and O–H groups in total. The molecule has 4 aromatic rings. The number of hydrogen-bond acceptors (Lipinski definition) is 8. The largest absolute Gasteiger partial charge is 0.522 e. The van der Waals surface area contributed by atoms with Crippen LogP contribution in [-0.4, -0.2) is 49.7 Å². The van der Waals surface area contributed by atoms with Crippen LogP contribution >= 0.6 is 0 Å². The summed E-state index contributed by atoms with van der Waals surface area (Å²) >= 11 is 0. The summed E-state index contributed by atoms with van der Waals surface area (Å²) in [5.41, 5.74) is 1.86. The Morgan fingerprint density at radius 1 is 1.11 bits per heavy atom. The van der Waals surface area contributed by atoms with Gasteiger partial charge >= 0.3 is 12.9 Å². The van der Waals surface area contributed by atoms with Crippen molar-refractivity contribution in [3.63, 3.8) is 0 Å². The maximum Gasteiger partial charge on any atom is 0.522 e. The van der Waals surface area contributed by atoms with E-state index in [4.69, 9.17) is 0 Å². The average molecular weight is 655 g/mol. The first-order valence-corrected chi connectivity index (χ1v) is 14.7. The fourth-order valence-electron chi connectivity index (χ4n) is 5.19. The number of benzene rings is 1. The molecule has 2 aliphatic carbocycles. The minimum absolute atomic E-state index is 0.0821. The van der Waals surface area contributed by atoms with Crippen LogP contribution in [0, 0.1) is 11.3 Å². The quantitative estimate of drug-likeness (QED) is 0.150.